The number of aromatic nitrogens is 2. The fraction of sp³-hybridized carbons (Fsp3) is 0.176. The molecule has 11 heteroatoms. The highest BCUT2D eigenvalue weighted by Gasteiger charge is 2.12. The Kier molecular flexibility index (Phi) is 7.30. The van der Waals surface area contributed by atoms with Crippen molar-refractivity contribution >= 4 is 74.6 Å². The predicted molar refractivity (Wildman–Crippen MR) is 115 cm³/mol. The summed E-state index contributed by atoms with van der Waals surface area (Å²) in [5.41, 5.74) is 7.33. The summed E-state index contributed by atoms with van der Waals surface area (Å²) in [6, 6.07) is 5.40. The Hall–Kier alpha value is -1.65. The second-order valence-corrected chi connectivity index (χ2v) is 9.42. The molecule has 0 bridgehead atoms. The number of nitrogens with zero attached hydrogens (tertiary/aromatic N) is 2. The Morgan fingerprint density at radius 1 is 1.11 bits per heavy atom. The molecular formula is C17H14Cl2N4O2S3. The van der Waals surface area contributed by atoms with Crippen LogP contribution in [0.1, 0.15) is 17.0 Å². The molecule has 1 aromatic carbocycles. The summed E-state index contributed by atoms with van der Waals surface area (Å²) in [6.45, 7) is 0. The molecule has 6 nitrogen and oxygen atoms in total. The molecule has 0 unspecified atom stereocenters. The summed E-state index contributed by atoms with van der Waals surface area (Å²) in [6.07, 6.45) is 0.195. The van der Waals surface area contributed by atoms with Gasteiger partial charge in [0, 0.05) is 26.6 Å². The number of anilines is 1. The van der Waals surface area contributed by atoms with Gasteiger partial charge in [-0.05, 0) is 17.7 Å². The van der Waals surface area contributed by atoms with E-state index in [0.717, 1.165) is 9.90 Å². The first-order valence-electron chi connectivity index (χ1n) is 7.92. The molecule has 2 amide bonds. The number of carbonyl (C=O) groups is 2. The van der Waals surface area contributed by atoms with E-state index in [-0.39, 0.29) is 18.7 Å². The molecule has 0 aliphatic carbocycles. The monoisotopic (exact) mass is 472 g/mol. The standard InChI is InChI=1S/C17H14Cl2N4O2S3/c18-10-2-1-9(13(19)3-10)6-27-17-22-12(8-28-17)5-15(25)23-16-21-11(7-26-16)4-14(20)24/h1-3,7-8H,4-6H2,(H2,20,24)(H,21,23,25). The van der Waals surface area contributed by atoms with Crippen LogP contribution < -0.4 is 11.1 Å². The van der Waals surface area contributed by atoms with Crippen molar-refractivity contribution < 1.29 is 9.59 Å². The highest BCUT2D eigenvalue weighted by molar-refractivity contribution is 8.00. The molecule has 28 heavy (non-hydrogen) atoms. The van der Waals surface area contributed by atoms with Crippen LogP contribution in [0.5, 0.6) is 0 Å². The first-order chi connectivity index (χ1) is 13.4. The third kappa shape index (κ3) is 6.18. The topological polar surface area (TPSA) is 98.0 Å². The van der Waals surface area contributed by atoms with Crippen LogP contribution in [-0.2, 0) is 28.2 Å². The number of nitrogens with two attached hydrogens (primary N) is 1. The van der Waals surface area contributed by atoms with Crippen molar-refractivity contribution in [3.05, 3.63) is 56.0 Å². The van der Waals surface area contributed by atoms with Crippen LogP contribution in [0.2, 0.25) is 10.0 Å². The lowest BCUT2D eigenvalue weighted by Crippen LogP contribution is -2.15. The number of primary amides is 1. The third-order valence-corrected chi connectivity index (χ3v) is 6.90. The summed E-state index contributed by atoms with van der Waals surface area (Å²) in [5, 5.41) is 7.91. The minimum absolute atomic E-state index is 0.0523. The van der Waals surface area contributed by atoms with Gasteiger partial charge in [0.2, 0.25) is 11.8 Å². The van der Waals surface area contributed by atoms with E-state index in [9.17, 15) is 9.59 Å². The zero-order chi connectivity index (χ0) is 20.1. The van der Waals surface area contributed by atoms with Gasteiger partial charge in [-0.3, -0.25) is 9.59 Å². The third-order valence-electron chi connectivity index (χ3n) is 3.39. The molecule has 3 rings (SSSR count). The van der Waals surface area contributed by atoms with Crippen LogP contribution in [0.15, 0.2) is 33.3 Å². The van der Waals surface area contributed by atoms with Crippen LogP contribution in [-0.4, -0.2) is 21.8 Å². The van der Waals surface area contributed by atoms with Gasteiger partial charge in [-0.25, -0.2) is 9.97 Å². The SMILES string of the molecule is NC(=O)Cc1csc(NC(=O)Cc2csc(SCc3ccc(Cl)cc3Cl)n2)n1. The summed E-state index contributed by atoms with van der Waals surface area (Å²) < 4.78 is 0.854. The van der Waals surface area contributed by atoms with Crippen molar-refractivity contribution in [1.29, 1.82) is 0 Å². The van der Waals surface area contributed by atoms with Crippen molar-refractivity contribution in [3.8, 4) is 0 Å². The number of hydrogen-bond donors (Lipinski definition) is 2. The molecule has 0 aliphatic heterocycles. The summed E-state index contributed by atoms with van der Waals surface area (Å²) >= 11 is 16.4. The first kappa shape index (κ1) is 21.1. The van der Waals surface area contributed by atoms with E-state index in [0.29, 0.717) is 32.3 Å². The number of rotatable bonds is 8. The van der Waals surface area contributed by atoms with E-state index in [2.05, 4.69) is 15.3 Å². The smallest absolute Gasteiger partial charge is 0.232 e. The van der Waals surface area contributed by atoms with Crippen molar-refractivity contribution in [2.75, 3.05) is 5.32 Å². The Morgan fingerprint density at radius 3 is 2.61 bits per heavy atom. The van der Waals surface area contributed by atoms with E-state index in [1.54, 1.807) is 29.3 Å². The van der Waals surface area contributed by atoms with E-state index >= 15 is 0 Å². The number of thiazole rings is 2. The number of halogens is 2. The number of thioether (sulfide) groups is 1. The number of carbonyl (C=O) groups excluding carboxylic acids is 2. The fourth-order valence-corrected chi connectivity index (χ4v) is 5.30. The lowest BCUT2D eigenvalue weighted by Gasteiger charge is -2.02. The van der Waals surface area contributed by atoms with Crippen LogP contribution in [0, 0.1) is 0 Å². The van der Waals surface area contributed by atoms with Gasteiger partial charge >= 0.3 is 0 Å². The summed E-state index contributed by atoms with van der Waals surface area (Å²) in [4.78, 5) is 31.7. The van der Waals surface area contributed by atoms with Crippen LogP contribution in [0.3, 0.4) is 0 Å². The summed E-state index contributed by atoms with van der Waals surface area (Å²) in [7, 11) is 0. The van der Waals surface area contributed by atoms with Gasteiger partial charge in [-0.1, -0.05) is 41.0 Å². The Bertz CT molecular complexity index is 1010. The van der Waals surface area contributed by atoms with Crippen LogP contribution in [0.25, 0.3) is 0 Å². The Morgan fingerprint density at radius 2 is 1.86 bits per heavy atom. The van der Waals surface area contributed by atoms with Crippen molar-refractivity contribution in [2.45, 2.75) is 22.9 Å². The highest BCUT2D eigenvalue weighted by atomic mass is 35.5. The zero-order valence-corrected chi connectivity index (χ0v) is 18.2. The molecule has 3 N–H and O–H groups in total. The molecule has 0 saturated heterocycles. The molecular weight excluding hydrogens is 459 g/mol. The van der Waals surface area contributed by atoms with Gasteiger partial charge < -0.3 is 11.1 Å². The lowest BCUT2D eigenvalue weighted by atomic mass is 10.2. The molecule has 0 spiro atoms. The second kappa shape index (κ2) is 9.71. The quantitative estimate of drug-likeness (QED) is 0.473. The minimum Gasteiger partial charge on any atom is -0.369 e. The average Bonchev–Trinajstić information content (AvgIpc) is 3.23. The maximum absolute atomic E-state index is 12.2. The van der Waals surface area contributed by atoms with E-state index in [1.165, 1.54) is 22.7 Å². The number of hydrogen-bond acceptors (Lipinski definition) is 7. The molecule has 0 aliphatic rings. The molecule has 3 aromatic rings. The van der Waals surface area contributed by atoms with Gasteiger partial charge in [-0.15, -0.1) is 22.7 Å². The molecule has 146 valence electrons. The van der Waals surface area contributed by atoms with E-state index in [4.69, 9.17) is 28.9 Å². The molecule has 0 saturated carbocycles. The van der Waals surface area contributed by atoms with Gasteiger partial charge in [-0.2, -0.15) is 0 Å². The van der Waals surface area contributed by atoms with Gasteiger partial charge in [0.15, 0.2) is 5.13 Å². The molecule has 2 heterocycles. The van der Waals surface area contributed by atoms with E-state index < -0.39 is 5.91 Å². The van der Waals surface area contributed by atoms with Crippen molar-refractivity contribution in [2.24, 2.45) is 5.73 Å². The molecule has 2 aromatic heterocycles. The Labute approximate surface area is 183 Å². The van der Waals surface area contributed by atoms with Crippen LogP contribution >= 0.6 is 57.6 Å². The van der Waals surface area contributed by atoms with Crippen molar-refractivity contribution in [1.82, 2.24) is 9.97 Å². The number of amides is 2. The largest absolute Gasteiger partial charge is 0.369 e. The zero-order valence-electron chi connectivity index (χ0n) is 14.3. The van der Waals surface area contributed by atoms with Gasteiger partial charge in [0.1, 0.15) is 4.34 Å². The normalized spacial score (nSPS) is 10.8. The fourth-order valence-electron chi connectivity index (χ4n) is 2.17. The average molecular weight is 473 g/mol. The Balaban J connectivity index is 1.51. The maximum Gasteiger partial charge on any atom is 0.232 e. The van der Waals surface area contributed by atoms with Gasteiger partial charge in [0.25, 0.3) is 0 Å². The minimum atomic E-state index is -0.462. The van der Waals surface area contributed by atoms with Crippen LogP contribution in [0.4, 0.5) is 5.13 Å². The summed E-state index contributed by atoms with van der Waals surface area (Å²) in [5.74, 6) is -0.0187. The molecule has 0 atom stereocenters. The second-order valence-electron chi connectivity index (χ2n) is 5.64. The molecule has 0 fully saturated rings. The van der Waals surface area contributed by atoms with Crippen molar-refractivity contribution in [3.63, 3.8) is 0 Å². The maximum atomic E-state index is 12.2. The number of benzene rings is 1. The predicted octanol–water partition coefficient (Wildman–Crippen LogP) is 4.41. The molecule has 0 radical (unpaired) electrons. The highest BCUT2D eigenvalue weighted by Crippen LogP contribution is 2.30. The lowest BCUT2D eigenvalue weighted by molar-refractivity contribution is -0.117. The number of nitrogens with one attached hydrogen (secondary N) is 1. The van der Waals surface area contributed by atoms with Gasteiger partial charge in [0.05, 0.1) is 24.2 Å². The first-order valence-corrected chi connectivity index (χ1v) is 11.4. The van der Waals surface area contributed by atoms with E-state index in [1.807, 2.05) is 11.4 Å².